The van der Waals surface area contributed by atoms with Gasteiger partial charge in [0, 0.05) is 0 Å². The summed E-state index contributed by atoms with van der Waals surface area (Å²) in [6, 6.07) is 0. The highest BCUT2D eigenvalue weighted by molar-refractivity contribution is 5.50. The van der Waals surface area contributed by atoms with Gasteiger partial charge in [-0.3, -0.25) is 4.79 Å². The standard InChI is InChI=1S/C5H8O2/c1-2-4-7-5-3-6/h2-4H,5H2,1H3. The maximum atomic E-state index is 9.52. The Morgan fingerprint density at radius 1 is 1.71 bits per heavy atom. The highest BCUT2D eigenvalue weighted by Crippen LogP contribution is 1.70. The third-order valence-corrected chi connectivity index (χ3v) is 0.397. The van der Waals surface area contributed by atoms with Gasteiger partial charge in [-0.15, -0.1) is 0 Å². The van der Waals surface area contributed by atoms with E-state index < -0.39 is 0 Å². The molecule has 2 heteroatoms. The summed E-state index contributed by atoms with van der Waals surface area (Å²) in [5.41, 5.74) is 0. The molecule has 7 heavy (non-hydrogen) atoms. The van der Waals surface area contributed by atoms with E-state index in [-0.39, 0.29) is 6.61 Å². The van der Waals surface area contributed by atoms with E-state index in [0.29, 0.717) is 6.29 Å². The number of hydrogen-bond acceptors (Lipinski definition) is 2. The SMILES string of the molecule is CC=COCC=O. The van der Waals surface area contributed by atoms with Gasteiger partial charge in [-0.25, -0.2) is 0 Å². The summed E-state index contributed by atoms with van der Waals surface area (Å²) in [5.74, 6) is 0. The lowest BCUT2D eigenvalue weighted by Gasteiger charge is -1.86. The number of hydrogen-bond donors (Lipinski definition) is 0. The van der Waals surface area contributed by atoms with Crippen LogP contribution in [0, 0.1) is 0 Å². The van der Waals surface area contributed by atoms with Crippen LogP contribution in [0.15, 0.2) is 12.3 Å². The molecule has 0 fully saturated rings. The zero-order valence-electron chi connectivity index (χ0n) is 4.26. The van der Waals surface area contributed by atoms with Crippen LogP contribution < -0.4 is 0 Å². The van der Waals surface area contributed by atoms with Crippen LogP contribution in [0.4, 0.5) is 0 Å². The van der Waals surface area contributed by atoms with Crippen molar-refractivity contribution in [2.45, 2.75) is 6.92 Å². The molecule has 0 bridgehead atoms. The molecule has 0 aromatic carbocycles. The Balaban J connectivity index is 2.82. The van der Waals surface area contributed by atoms with Gasteiger partial charge in [0.1, 0.15) is 6.61 Å². The van der Waals surface area contributed by atoms with Crippen molar-refractivity contribution in [2.24, 2.45) is 0 Å². The molecule has 0 amide bonds. The Labute approximate surface area is 42.8 Å². The Hall–Kier alpha value is -0.790. The van der Waals surface area contributed by atoms with E-state index >= 15 is 0 Å². The normalized spacial score (nSPS) is 9.29. The second-order valence-corrected chi connectivity index (χ2v) is 0.969. The van der Waals surface area contributed by atoms with Crippen molar-refractivity contribution in [2.75, 3.05) is 6.61 Å². The molecule has 0 aliphatic heterocycles. The van der Waals surface area contributed by atoms with Crippen molar-refractivity contribution in [1.29, 1.82) is 0 Å². The lowest BCUT2D eigenvalue weighted by molar-refractivity contribution is -0.110. The van der Waals surface area contributed by atoms with Gasteiger partial charge in [0.2, 0.25) is 0 Å². The third-order valence-electron chi connectivity index (χ3n) is 0.397. The first-order valence-corrected chi connectivity index (χ1v) is 2.08. The first-order chi connectivity index (χ1) is 3.41. The lowest BCUT2D eigenvalue weighted by atomic mass is 10.7. The van der Waals surface area contributed by atoms with E-state index in [4.69, 9.17) is 0 Å². The van der Waals surface area contributed by atoms with Gasteiger partial charge in [0.05, 0.1) is 6.26 Å². The van der Waals surface area contributed by atoms with E-state index in [1.807, 2.05) is 6.92 Å². The van der Waals surface area contributed by atoms with Crippen molar-refractivity contribution >= 4 is 6.29 Å². The van der Waals surface area contributed by atoms with Gasteiger partial charge in [-0.05, 0) is 6.92 Å². The van der Waals surface area contributed by atoms with Crippen LogP contribution in [0.5, 0.6) is 0 Å². The minimum Gasteiger partial charge on any atom is -0.494 e. The zero-order valence-corrected chi connectivity index (χ0v) is 4.26. The highest BCUT2D eigenvalue weighted by Gasteiger charge is 1.69. The maximum absolute atomic E-state index is 9.52. The van der Waals surface area contributed by atoms with Crippen LogP contribution in [0.25, 0.3) is 0 Å². The van der Waals surface area contributed by atoms with Crippen LogP contribution in [-0.4, -0.2) is 12.9 Å². The Kier molecular flexibility index (Phi) is 4.62. The number of carbonyl (C=O) groups is 1. The molecule has 0 aromatic rings. The van der Waals surface area contributed by atoms with E-state index in [9.17, 15) is 4.79 Å². The fourth-order valence-electron chi connectivity index (χ4n) is 0.191. The van der Waals surface area contributed by atoms with E-state index in [0.717, 1.165) is 0 Å². The zero-order chi connectivity index (χ0) is 5.54. The molecule has 0 heterocycles. The number of rotatable bonds is 3. The summed E-state index contributed by atoms with van der Waals surface area (Å²) in [4.78, 5) is 9.52. The van der Waals surface area contributed by atoms with Gasteiger partial charge in [-0.1, -0.05) is 6.08 Å². The molecular formula is C5H8O2. The van der Waals surface area contributed by atoms with Crippen molar-refractivity contribution in [3.05, 3.63) is 12.3 Å². The molecule has 0 unspecified atom stereocenters. The van der Waals surface area contributed by atoms with Gasteiger partial charge >= 0.3 is 0 Å². The highest BCUT2D eigenvalue weighted by atomic mass is 16.5. The number of ether oxygens (including phenoxy) is 1. The van der Waals surface area contributed by atoms with Gasteiger partial charge < -0.3 is 4.74 Å². The summed E-state index contributed by atoms with van der Waals surface area (Å²) in [7, 11) is 0. The molecule has 40 valence electrons. The van der Waals surface area contributed by atoms with E-state index in [1.165, 1.54) is 6.26 Å². The van der Waals surface area contributed by atoms with Crippen molar-refractivity contribution in [1.82, 2.24) is 0 Å². The molecule has 0 saturated carbocycles. The predicted octanol–water partition coefficient (Wildman–Crippen LogP) is 0.736. The second kappa shape index (κ2) is 5.21. The van der Waals surface area contributed by atoms with Crippen LogP contribution in [0.3, 0.4) is 0 Å². The van der Waals surface area contributed by atoms with E-state index in [1.54, 1.807) is 6.08 Å². The topological polar surface area (TPSA) is 26.3 Å². The monoisotopic (exact) mass is 100 g/mol. The predicted molar refractivity (Wildman–Crippen MR) is 26.8 cm³/mol. The summed E-state index contributed by atoms with van der Waals surface area (Å²) in [5, 5.41) is 0. The number of allylic oxidation sites excluding steroid dienone is 1. The molecule has 0 rings (SSSR count). The third kappa shape index (κ3) is 5.21. The summed E-state index contributed by atoms with van der Waals surface area (Å²) in [6.07, 6.45) is 3.91. The largest absolute Gasteiger partial charge is 0.494 e. The molecule has 0 N–H and O–H groups in total. The van der Waals surface area contributed by atoms with Gasteiger partial charge in [0.15, 0.2) is 6.29 Å². The first-order valence-electron chi connectivity index (χ1n) is 2.08. The average Bonchev–Trinajstić information content (AvgIpc) is 1.69. The summed E-state index contributed by atoms with van der Waals surface area (Å²) < 4.78 is 4.58. The lowest BCUT2D eigenvalue weighted by Crippen LogP contribution is -1.84. The Bertz CT molecular complexity index is 66.5. The van der Waals surface area contributed by atoms with Crippen LogP contribution in [-0.2, 0) is 9.53 Å². The summed E-state index contributed by atoms with van der Waals surface area (Å²) in [6.45, 7) is 1.98. The fourth-order valence-corrected chi connectivity index (χ4v) is 0.191. The number of aldehydes is 1. The van der Waals surface area contributed by atoms with Crippen LogP contribution in [0.1, 0.15) is 6.92 Å². The molecule has 0 aliphatic rings. The smallest absolute Gasteiger partial charge is 0.157 e. The minimum absolute atomic E-state index is 0.157. The minimum atomic E-state index is 0.157. The van der Waals surface area contributed by atoms with Crippen molar-refractivity contribution < 1.29 is 9.53 Å². The van der Waals surface area contributed by atoms with Gasteiger partial charge in [-0.2, -0.15) is 0 Å². The van der Waals surface area contributed by atoms with Crippen LogP contribution in [0.2, 0.25) is 0 Å². The summed E-state index contributed by atoms with van der Waals surface area (Å²) >= 11 is 0. The number of carbonyl (C=O) groups excluding carboxylic acids is 1. The van der Waals surface area contributed by atoms with Crippen LogP contribution >= 0.6 is 0 Å². The van der Waals surface area contributed by atoms with E-state index in [2.05, 4.69) is 4.74 Å². The Morgan fingerprint density at radius 2 is 2.43 bits per heavy atom. The molecular weight excluding hydrogens is 92.1 g/mol. The first kappa shape index (κ1) is 6.21. The molecule has 0 saturated heterocycles. The van der Waals surface area contributed by atoms with Crippen molar-refractivity contribution in [3.8, 4) is 0 Å². The second-order valence-electron chi connectivity index (χ2n) is 0.969. The molecule has 0 spiro atoms. The van der Waals surface area contributed by atoms with Gasteiger partial charge in [0.25, 0.3) is 0 Å². The fraction of sp³-hybridized carbons (Fsp3) is 0.400. The molecule has 0 radical (unpaired) electrons. The molecule has 0 aromatic heterocycles. The quantitative estimate of drug-likeness (QED) is 0.297. The molecule has 2 nitrogen and oxygen atoms in total. The maximum Gasteiger partial charge on any atom is 0.157 e. The Morgan fingerprint density at radius 3 is 2.86 bits per heavy atom. The average molecular weight is 100 g/mol. The van der Waals surface area contributed by atoms with Crippen molar-refractivity contribution in [3.63, 3.8) is 0 Å². The molecule has 0 atom stereocenters. The molecule has 0 aliphatic carbocycles.